The van der Waals surface area contributed by atoms with E-state index in [2.05, 4.69) is 9.97 Å². The van der Waals surface area contributed by atoms with Gasteiger partial charge in [-0.2, -0.15) is 8.42 Å². The minimum absolute atomic E-state index is 0.164. The molecule has 0 bridgehead atoms. The van der Waals surface area contributed by atoms with Crippen LogP contribution in [0.3, 0.4) is 0 Å². The number of rotatable bonds is 5. The predicted octanol–water partition coefficient (Wildman–Crippen LogP) is 6.30. The molecule has 1 atom stereocenters. The number of para-hydroxylation sites is 2. The minimum Gasteiger partial charge on any atom is -0.452 e. The molecule has 1 aliphatic rings. The molecule has 3 heterocycles. The van der Waals surface area contributed by atoms with Gasteiger partial charge in [-0.1, -0.05) is 31.2 Å². The molecular weight excluding hydrogens is 462 g/mol. The zero-order chi connectivity index (χ0) is 24.7. The quantitative estimate of drug-likeness (QED) is 0.330. The molecule has 7 nitrogen and oxygen atoms in total. The average Bonchev–Trinajstić information content (AvgIpc) is 2.83. The second kappa shape index (κ2) is 8.79. The Morgan fingerprint density at radius 1 is 0.914 bits per heavy atom. The van der Waals surface area contributed by atoms with Crippen molar-refractivity contribution in [3.8, 4) is 34.0 Å². The highest BCUT2D eigenvalue weighted by atomic mass is 32.2. The van der Waals surface area contributed by atoms with Gasteiger partial charge in [0.25, 0.3) is 10.1 Å². The molecule has 1 unspecified atom stereocenters. The van der Waals surface area contributed by atoms with Crippen LogP contribution in [0.1, 0.15) is 24.5 Å². The molecule has 35 heavy (non-hydrogen) atoms. The molecule has 0 amide bonds. The van der Waals surface area contributed by atoms with Gasteiger partial charge in [0.05, 0.1) is 22.8 Å². The van der Waals surface area contributed by atoms with Crippen LogP contribution in [0.4, 0.5) is 11.4 Å². The van der Waals surface area contributed by atoms with E-state index in [4.69, 9.17) is 4.74 Å². The number of fused-ring (bicyclic) bond motifs is 2. The molecule has 0 spiro atoms. The normalized spacial score (nSPS) is 13.5. The van der Waals surface area contributed by atoms with Crippen LogP contribution >= 0.6 is 0 Å². The Morgan fingerprint density at radius 2 is 1.57 bits per heavy atom. The highest BCUT2D eigenvalue weighted by Gasteiger charge is 2.37. The van der Waals surface area contributed by atoms with Gasteiger partial charge in [0.15, 0.2) is 16.9 Å². The molecule has 8 heteroatoms. The Bertz CT molecular complexity index is 1540. The van der Waals surface area contributed by atoms with Crippen LogP contribution < -0.4 is 9.64 Å². The molecule has 1 aliphatic heterocycles. The van der Waals surface area contributed by atoms with Crippen molar-refractivity contribution in [2.75, 3.05) is 4.90 Å². The Labute approximate surface area is 204 Å². The van der Waals surface area contributed by atoms with Crippen LogP contribution in [0.15, 0.2) is 73.1 Å². The summed E-state index contributed by atoms with van der Waals surface area (Å²) in [6, 6.07) is 18.7. The van der Waals surface area contributed by atoms with Crippen molar-refractivity contribution in [2.24, 2.45) is 0 Å². The fraction of sp³-hybridized carbons (Fsp3) is 0.185. The van der Waals surface area contributed by atoms with Gasteiger partial charge in [0.2, 0.25) is 0 Å². The van der Waals surface area contributed by atoms with Crippen LogP contribution in [0, 0.1) is 13.8 Å². The second-order valence-corrected chi connectivity index (χ2v) is 10.1. The van der Waals surface area contributed by atoms with E-state index in [0.717, 1.165) is 28.1 Å². The van der Waals surface area contributed by atoms with Crippen LogP contribution in [-0.4, -0.2) is 28.3 Å². The van der Waals surface area contributed by atoms with Gasteiger partial charge >= 0.3 is 0 Å². The number of hydrogen-bond donors (Lipinski definition) is 1. The fourth-order valence-electron chi connectivity index (χ4n) is 4.59. The zero-order valence-electron chi connectivity index (χ0n) is 19.6. The highest BCUT2D eigenvalue weighted by Crippen LogP contribution is 2.53. The van der Waals surface area contributed by atoms with Gasteiger partial charge in [0, 0.05) is 23.5 Å². The lowest BCUT2D eigenvalue weighted by Gasteiger charge is -2.37. The number of anilines is 2. The van der Waals surface area contributed by atoms with Crippen molar-refractivity contribution in [3.05, 3.63) is 84.2 Å². The summed E-state index contributed by atoms with van der Waals surface area (Å²) in [7, 11) is -4.43. The minimum atomic E-state index is -4.43. The number of benzene rings is 2. The maximum absolute atomic E-state index is 12.5. The molecule has 2 aromatic carbocycles. The van der Waals surface area contributed by atoms with Crippen molar-refractivity contribution < 1.29 is 17.7 Å². The maximum atomic E-state index is 12.5. The summed E-state index contributed by atoms with van der Waals surface area (Å²) in [5.41, 5.74) is 5.99. The summed E-state index contributed by atoms with van der Waals surface area (Å²) >= 11 is 0. The van der Waals surface area contributed by atoms with Gasteiger partial charge < -0.3 is 9.64 Å². The molecule has 0 aliphatic carbocycles. The van der Waals surface area contributed by atoms with Crippen molar-refractivity contribution in [2.45, 2.75) is 32.6 Å². The first kappa shape index (κ1) is 23.0. The van der Waals surface area contributed by atoms with Crippen LogP contribution in [0.2, 0.25) is 0 Å². The van der Waals surface area contributed by atoms with E-state index < -0.39 is 15.5 Å². The Hall–Kier alpha value is -3.75. The molecule has 4 aromatic rings. The van der Waals surface area contributed by atoms with E-state index in [9.17, 15) is 13.0 Å². The molecule has 1 N–H and O–H groups in total. The van der Waals surface area contributed by atoms with Gasteiger partial charge in [-0.15, -0.1) is 0 Å². The van der Waals surface area contributed by atoms with E-state index in [-0.39, 0.29) is 6.42 Å². The number of hydrogen-bond acceptors (Lipinski definition) is 6. The molecule has 2 aromatic heterocycles. The first-order valence-corrected chi connectivity index (χ1v) is 12.8. The van der Waals surface area contributed by atoms with E-state index in [1.807, 2.05) is 62.4 Å². The van der Waals surface area contributed by atoms with Crippen molar-refractivity contribution in [1.82, 2.24) is 9.97 Å². The number of pyridine rings is 2. The van der Waals surface area contributed by atoms with Gasteiger partial charge in [-0.05, 0) is 67.8 Å². The van der Waals surface area contributed by atoms with Crippen LogP contribution in [0.5, 0.6) is 11.5 Å². The maximum Gasteiger partial charge on any atom is 0.286 e. The third-order valence-electron chi connectivity index (χ3n) is 6.19. The molecule has 178 valence electrons. The number of nitrogens with zero attached hydrogens (tertiary/aromatic N) is 3. The number of ether oxygens (including phenoxy) is 1. The van der Waals surface area contributed by atoms with E-state index >= 15 is 0 Å². The smallest absolute Gasteiger partial charge is 0.286 e. The standard InChI is InChI=1S/C27H25N3O4S/c1-4-24(35(31,32)33)30-21-11-5-6-12-23(21)34-27-20(26-18(3)10-8-14-29-26)15-19(16-22(27)30)25-17(2)9-7-13-28-25/h5-16,24H,4H2,1-3H3,(H,31,32,33). The summed E-state index contributed by atoms with van der Waals surface area (Å²) < 4.78 is 41.7. The summed E-state index contributed by atoms with van der Waals surface area (Å²) in [5.74, 6) is 0.976. The van der Waals surface area contributed by atoms with E-state index in [1.165, 1.54) is 0 Å². The first-order chi connectivity index (χ1) is 16.8. The lowest BCUT2D eigenvalue weighted by Crippen LogP contribution is -2.38. The SMILES string of the molecule is CCC(N1c2ccccc2Oc2c(-c3ncccc3C)cc(-c3ncccc3C)cc21)S(=O)(=O)O. The molecule has 0 saturated carbocycles. The van der Waals surface area contributed by atoms with Gasteiger partial charge in [-0.3, -0.25) is 14.5 Å². The molecule has 0 fully saturated rings. The zero-order valence-corrected chi connectivity index (χ0v) is 20.5. The lowest BCUT2D eigenvalue weighted by molar-refractivity contribution is 0.452. The highest BCUT2D eigenvalue weighted by molar-refractivity contribution is 7.86. The van der Waals surface area contributed by atoms with Crippen LogP contribution in [-0.2, 0) is 10.1 Å². The van der Waals surface area contributed by atoms with Gasteiger partial charge in [-0.25, -0.2) is 0 Å². The van der Waals surface area contributed by atoms with Crippen molar-refractivity contribution in [1.29, 1.82) is 0 Å². The largest absolute Gasteiger partial charge is 0.452 e. The topological polar surface area (TPSA) is 92.6 Å². The van der Waals surface area contributed by atoms with E-state index in [0.29, 0.717) is 28.4 Å². The number of aryl methyl sites for hydroxylation is 2. The molecular formula is C27H25N3O4S. The number of aromatic nitrogens is 2. The van der Waals surface area contributed by atoms with Crippen molar-refractivity contribution in [3.63, 3.8) is 0 Å². The Morgan fingerprint density at radius 3 is 2.20 bits per heavy atom. The first-order valence-electron chi connectivity index (χ1n) is 11.3. The summed E-state index contributed by atoms with van der Waals surface area (Å²) in [6.45, 7) is 5.67. The molecule has 0 radical (unpaired) electrons. The summed E-state index contributed by atoms with van der Waals surface area (Å²) in [6.07, 6.45) is 3.61. The van der Waals surface area contributed by atoms with Crippen molar-refractivity contribution >= 4 is 21.5 Å². The van der Waals surface area contributed by atoms with Crippen LogP contribution in [0.25, 0.3) is 22.5 Å². The fourth-order valence-corrected chi connectivity index (χ4v) is 5.50. The van der Waals surface area contributed by atoms with E-state index in [1.54, 1.807) is 36.4 Å². The monoisotopic (exact) mass is 487 g/mol. The third kappa shape index (κ3) is 4.05. The lowest BCUT2D eigenvalue weighted by atomic mass is 9.96. The molecule has 0 saturated heterocycles. The second-order valence-electron chi connectivity index (χ2n) is 8.53. The Kier molecular flexibility index (Phi) is 5.78. The third-order valence-corrected chi connectivity index (χ3v) is 7.43. The van der Waals surface area contributed by atoms with Gasteiger partial charge in [0.1, 0.15) is 0 Å². The average molecular weight is 488 g/mol. The summed E-state index contributed by atoms with van der Waals surface area (Å²) in [4.78, 5) is 10.9. The Balaban J connectivity index is 1.88. The summed E-state index contributed by atoms with van der Waals surface area (Å²) in [5, 5.41) is -1.20. The molecule has 5 rings (SSSR count). The predicted molar refractivity (Wildman–Crippen MR) is 137 cm³/mol.